The zero-order valence-electron chi connectivity index (χ0n) is 12.2. The largest absolute Gasteiger partial charge is 0.442 e. The fourth-order valence-corrected chi connectivity index (χ4v) is 2.40. The summed E-state index contributed by atoms with van der Waals surface area (Å²) in [7, 11) is 0. The van der Waals surface area contributed by atoms with Crippen molar-refractivity contribution in [3.8, 4) is 5.69 Å². The molecule has 0 aliphatic carbocycles. The number of amides is 2. The minimum Gasteiger partial charge on any atom is -0.442 e. The molecule has 2 amide bonds. The molecule has 3 rings (SSSR count). The van der Waals surface area contributed by atoms with Crippen LogP contribution >= 0.6 is 0 Å². The molecule has 22 heavy (non-hydrogen) atoms. The van der Waals surface area contributed by atoms with Crippen LogP contribution in [-0.2, 0) is 9.53 Å². The molecule has 0 radical (unpaired) electrons. The summed E-state index contributed by atoms with van der Waals surface area (Å²) in [6, 6.07) is 11.7. The zero-order chi connectivity index (χ0) is 15.5. The Kier molecular flexibility index (Phi) is 3.82. The molecule has 1 atom stereocenters. The van der Waals surface area contributed by atoms with Crippen molar-refractivity contribution >= 4 is 17.7 Å². The van der Waals surface area contributed by atoms with E-state index in [1.165, 1.54) is 6.92 Å². The van der Waals surface area contributed by atoms with Gasteiger partial charge in [-0.2, -0.15) is 0 Å². The van der Waals surface area contributed by atoms with E-state index in [0.717, 1.165) is 11.4 Å². The Bertz CT molecular complexity index is 681. The quantitative estimate of drug-likeness (QED) is 0.938. The van der Waals surface area contributed by atoms with Crippen LogP contribution in [-0.4, -0.2) is 35.8 Å². The molecule has 1 aliphatic heterocycles. The van der Waals surface area contributed by atoms with E-state index >= 15 is 0 Å². The van der Waals surface area contributed by atoms with Gasteiger partial charge in [-0.05, 0) is 18.2 Å². The van der Waals surface area contributed by atoms with E-state index in [4.69, 9.17) is 4.74 Å². The zero-order valence-corrected chi connectivity index (χ0v) is 12.2. The summed E-state index contributed by atoms with van der Waals surface area (Å²) in [5.74, 6) is -0.135. The first-order valence-electron chi connectivity index (χ1n) is 7.09. The van der Waals surface area contributed by atoms with Crippen molar-refractivity contribution in [2.45, 2.75) is 13.0 Å². The van der Waals surface area contributed by atoms with Crippen LogP contribution in [0.5, 0.6) is 0 Å². The van der Waals surface area contributed by atoms with Gasteiger partial charge in [0.2, 0.25) is 5.91 Å². The van der Waals surface area contributed by atoms with Crippen LogP contribution in [0.25, 0.3) is 5.69 Å². The summed E-state index contributed by atoms with van der Waals surface area (Å²) in [5.41, 5.74) is 1.80. The number of carbonyl (C=O) groups excluding carboxylic acids is 2. The molecule has 1 N–H and O–H groups in total. The fourth-order valence-electron chi connectivity index (χ4n) is 2.40. The lowest BCUT2D eigenvalue weighted by molar-refractivity contribution is -0.119. The van der Waals surface area contributed by atoms with Crippen molar-refractivity contribution in [3.05, 3.63) is 48.8 Å². The van der Waals surface area contributed by atoms with E-state index in [1.807, 2.05) is 53.4 Å². The van der Waals surface area contributed by atoms with Gasteiger partial charge in [0.05, 0.1) is 18.8 Å². The average molecular weight is 299 g/mol. The molecule has 1 aromatic heterocycles. The van der Waals surface area contributed by atoms with Crippen LogP contribution in [0.2, 0.25) is 0 Å². The second-order valence-corrected chi connectivity index (χ2v) is 5.17. The predicted molar refractivity (Wildman–Crippen MR) is 82.1 cm³/mol. The lowest BCUT2D eigenvalue weighted by Gasteiger charge is -2.10. The normalized spacial score (nSPS) is 17.4. The number of anilines is 1. The molecule has 6 nitrogen and oxygen atoms in total. The van der Waals surface area contributed by atoms with E-state index in [9.17, 15) is 9.59 Å². The number of rotatable bonds is 4. The average Bonchev–Trinajstić information content (AvgIpc) is 3.12. The van der Waals surface area contributed by atoms with Gasteiger partial charge >= 0.3 is 6.09 Å². The summed E-state index contributed by atoms with van der Waals surface area (Å²) >= 11 is 0. The number of benzene rings is 1. The maximum Gasteiger partial charge on any atom is 0.414 e. The first kappa shape index (κ1) is 14.2. The minimum atomic E-state index is -0.388. The highest BCUT2D eigenvalue weighted by molar-refractivity contribution is 5.89. The van der Waals surface area contributed by atoms with Crippen molar-refractivity contribution in [2.75, 3.05) is 18.0 Å². The molecule has 1 unspecified atom stereocenters. The van der Waals surface area contributed by atoms with E-state index in [2.05, 4.69) is 5.32 Å². The topological polar surface area (TPSA) is 63.6 Å². The third kappa shape index (κ3) is 2.95. The lowest BCUT2D eigenvalue weighted by atomic mass is 10.3. The molecule has 114 valence electrons. The van der Waals surface area contributed by atoms with Gasteiger partial charge in [0.1, 0.15) is 6.10 Å². The molecule has 1 saturated heterocycles. The Labute approximate surface area is 128 Å². The Morgan fingerprint density at radius 1 is 1.27 bits per heavy atom. The molecule has 6 heteroatoms. The van der Waals surface area contributed by atoms with Crippen molar-refractivity contribution < 1.29 is 14.3 Å². The van der Waals surface area contributed by atoms with Crippen molar-refractivity contribution in [3.63, 3.8) is 0 Å². The van der Waals surface area contributed by atoms with Crippen LogP contribution in [0.15, 0.2) is 48.8 Å². The first-order valence-corrected chi connectivity index (χ1v) is 7.09. The highest BCUT2D eigenvalue weighted by atomic mass is 16.6. The number of hydrogen-bond acceptors (Lipinski definition) is 3. The van der Waals surface area contributed by atoms with E-state index in [1.54, 1.807) is 4.90 Å². The second-order valence-electron chi connectivity index (χ2n) is 5.17. The monoisotopic (exact) mass is 299 g/mol. The van der Waals surface area contributed by atoms with Gasteiger partial charge < -0.3 is 14.6 Å². The molecule has 0 saturated carbocycles. The van der Waals surface area contributed by atoms with Gasteiger partial charge in [-0.15, -0.1) is 0 Å². The maximum atomic E-state index is 12.0. The summed E-state index contributed by atoms with van der Waals surface area (Å²) in [5, 5.41) is 2.66. The Hall–Kier alpha value is -2.76. The molecular weight excluding hydrogens is 282 g/mol. The van der Waals surface area contributed by atoms with Crippen molar-refractivity contribution in [1.29, 1.82) is 0 Å². The number of nitrogens with one attached hydrogen (secondary N) is 1. The van der Waals surface area contributed by atoms with Gasteiger partial charge in [-0.1, -0.05) is 18.2 Å². The summed E-state index contributed by atoms with van der Waals surface area (Å²) in [6.07, 6.45) is 3.08. The van der Waals surface area contributed by atoms with Gasteiger partial charge in [0.25, 0.3) is 0 Å². The number of carbonyl (C=O) groups is 2. The first-order chi connectivity index (χ1) is 10.6. The van der Waals surface area contributed by atoms with Crippen molar-refractivity contribution in [1.82, 2.24) is 9.88 Å². The maximum absolute atomic E-state index is 12.0. The smallest absolute Gasteiger partial charge is 0.414 e. The summed E-state index contributed by atoms with van der Waals surface area (Å²) < 4.78 is 7.20. The SMILES string of the molecule is CC(=O)NCC1CN(c2ccn(-c3ccccc3)c2)C(=O)O1. The van der Waals surface area contributed by atoms with Gasteiger partial charge in [0, 0.05) is 25.0 Å². The molecule has 1 fully saturated rings. The highest BCUT2D eigenvalue weighted by Crippen LogP contribution is 2.23. The van der Waals surface area contributed by atoms with E-state index in [-0.39, 0.29) is 18.1 Å². The van der Waals surface area contributed by atoms with Crippen LogP contribution in [0.3, 0.4) is 0 Å². The van der Waals surface area contributed by atoms with Crippen molar-refractivity contribution in [2.24, 2.45) is 0 Å². The number of ether oxygens (including phenoxy) is 1. The van der Waals surface area contributed by atoms with E-state index in [0.29, 0.717) is 13.1 Å². The number of nitrogens with zero attached hydrogens (tertiary/aromatic N) is 2. The molecule has 2 aromatic rings. The Morgan fingerprint density at radius 2 is 2.05 bits per heavy atom. The molecular formula is C16H17N3O3. The fraction of sp³-hybridized carbons (Fsp3) is 0.250. The van der Waals surface area contributed by atoms with Gasteiger partial charge in [0.15, 0.2) is 0 Å². The molecule has 1 aromatic carbocycles. The number of aromatic nitrogens is 1. The highest BCUT2D eigenvalue weighted by Gasteiger charge is 2.32. The second kappa shape index (κ2) is 5.93. The standard InChI is InChI=1S/C16H17N3O3/c1-12(20)17-9-15-11-19(16(21)22-15)14-7-8-18(10-14)13-5-3-2-4-6-13/h2-8,10,15H,9,11H2,1H3,(H,17,20). The molecule has 2 heterocycles. The van der Waals surface area contributed by atoms with Crippen LogP contribution < -0.4 is 10.2 Å². The molecule has 0 spiro atoms. The van der Waals surface area contributed by atoms with Crippen LogP contribution in [0.1, 0.15) is 6.92 Å². The number of para-hydroxylation sites is 1. The van der Waals surface area contributed by atoms with Gasteiger partial charge in [-0.3, -0.25) is 9.69 Å². The van der Waals surface area contributed by atoms with Crippen LogP contribution in [0.4, 0.5) is 10.5 Å². The Balaban J connectivity index is 1.71. The molecule has 1 aliphatic rings. The number of cyclic esters (lactones) is 1. The third-order valence-electron chi connectivity index (χ3n) is 3.50. The number of hydrogen-bond donors (Lipinski definition) is 1. The predicted octanol–water partition coefficient (Wildman–Crippen LogP) is 1.94. The third-order valence-corrected chi connectivity index (χ3v) is 3.50. The minimum absolute atomic E-state index is 0.135. The molecule has 0 bridgehead atoms. The Morgan fingerprint density at radius 3 is 2.77 bits per heavy atom. The van der Waals surface area contributed by atoms with Gasteiger partial charge in [-0.25, -0.2) is 4.79 Å². The summed E-state index contributed by atoms with van der Waals surface area (Å²) in [6.45, 7) is 2.20. The summed E-state index contributed by atoms with van der Waals surface area (Å²) in [4.78, 5) is 24.5. The van der Waals surface area contributed by atoms with Crippen LogP contribution in [0, 0.1) is 0 Å². The van der Waals surface area contributed by atoms with E-state index < -0.39 is 0 Å². The lowest BCUT2D eigenvalue weighted by Crippen LogP contribution is -2.33.